The van der Waals surface area contributed by atoms with Gasteiger partial charge in [-0.3, -0.25) is 0 Å². The smallest absolute Gasteiger partial charge is 0.175 e. The van der Waals surface area contributed by atoms with Crippen LogP contribution in [0.2, 0.25) is 0 Å². The van der Waals surface area contributed by atoms with Gasteiger partial charge in [0.1, 0.15) is 0 Å². The molecule has 1 fully saturated rings. The van der Waals surface area contributed by atoms with Crippen LogP contribution in [0, 0.1) is 0 Å². The van der Waals surface area contributed by atoms with E-state index in [-0.39, 0.29) is 0 Å². The minimum absolute atomic E-state index is 0.352. The van der Waals surface area contributed by atoms with E-state index < -0.39 is 0 Å². The van der Waals surface area contributed by atoms with Crippen molar-refractivity contribution in [1.29, 1.82) is 0 Å². The predicted molar refractivity (Wildman–Crippen MR) is 72.4 cm³/mol. The third-order valence-corrected chi connectivity index (χ3v) is 3.10. The number of rotatable bonds is 5. The van der Waals surface area contributed by atoms with Crippen LogP contribution in [0.1, 0.15) is 18.4 Å². The summed E-state index contributed by atoms with van der Waals surface area (Å²) >= 11 is 3.52. The lowest BCUT2D eigenvalue weighted by atomic mass is 10.2. The van der Waals surface area contributed by atoms with Crippen LogP contribution in [0.5, 0.6) is 11.5 Å². The van der Waals surface area contributed by atoms with Crippen LogP contribution in [0.4, 0.5) is 0 Å². The van der Waals surface area contributed by atoms with Crippen molar-refractivity contribution < 1.29 is 9.47 Å². The number of hydrogen-bond donors (Lipinski definition) is 1. The van der Waals surface area contributed by atoms with E-state index in [1.54, 1.807) is 7.11 Å². The highest BCUT2D eigenvalue weighted by atomic mass is 79.9. The molecule has 0 heterocycles. The summed E-state index contributed by atoms with van der Waals surface area (Å²) in [5.41, 5.74) is 6.48. The number of methoxy groups -OCH3 is 1. The Kier molecular flexibility index (Phi) is 4.07. The standard InChI is InChI=1S/C13H16BrNO2/c1-16-12-8-9(3-2-6-15)7-11(14)13(12)17-10-4-5-10/h2-3,7-8,10H,4-6,15H2,1H3/b3-2+. The molecular formula is C13H16BrNO2. The van der Waals surface area contributed by atoms with Gasteiger partial charge in [-0.1, -0.05) is 12.2 Å². The molecule has 0 atom stereocenters. The van der Waals surface area contributed by atoms with Crippen LogP contribution in [0.25, 0.3) is 6.08 Å². The number of ether oxygens (including phenoxy) is 2. The molecule has 2 N–H and O–H groups in total. The molecular weight excluding hydrogens is 282 g/mol. The van der Waals surface area contributed by atoms with Crippen molar-refractivity contribution in [2.24, 2.45) is 5.73 Å². The quantitative estimate of drug-likeness (QED) is 0.909. The highest BCUT2D eigenvalue weighted by Gasteiger charge is 2.26. The van der Waals surface area contributed by atoms with Crippen LogP contribution in [0.3, 0.4) is 0 Å². The molecule has 1 saturated carbocycles. The topological polar surface area (TPSA) is 44.5 Å². The van der Waals surface area contributed by atoms with Crippen molar-refractivity contribution in [1.82, 2.24) is 0 Å². The molecule has 0 unspecified atom stereocenters. The fraction of sp³-hybridized carbons (Fsp3) is 0.385. The second-order valence-corrected chi connectivity index (χ2v) is 4.84. The van der Waals surface area contributed by atoms with E-state index in [2.05, 4.69) is 15.9 Å². The summed E-state index contributed by atoms with van der Waals surface area (Å²) in [6, 6.07) is 3.96. The minimum atomic E-state index is 0.352. The number of hydrogen-bond acceptors (Lipinski definition) is 3. The predicted octanol–water partition coefficient (Wildman–Crippen LogP) is 2.97. The maximum absolute atomic E-state index is 5.82. The fourth-order valence-corrected chi connectivity index (χ4v) is 2.06. The summed E-state index contributed by atoms with van der Waals surface area (Å²) < 4.78 is 12.1. The van der Waals surface area contributed by atoms with Crippen LogP contribution >= 0.6 is 15.9 Å². The highest BCUT2D eigenvalue weighted by molar-refractivity contribution is 9.10. The molecule has 0 saturated heterocycles. The summed E-state index contributed by atoms with van der Waals surface area (Å²) in [5, 5.41) is 0. The maximum atomic E-state index is 5.82. The van der Waals surface area contributed by atoms with Crippen molar-refractivity contribution in [3.05, 3.63) is 28.2 Å². The maximum Gasteiger partial charge on any atom is 0.175 e. The fourth-order valence-electron chi connectivity index (χ4n) is 1.51. The molecule has 3 nitrogen and oxygen atoms in total. The Balaban J connectivity index is 2.28. The number of benzene rings is 1. The lowest BCUT2D eigenvalue weighted by Gasteiger charge is -2.12. The van der Waals surface area contributed by atoms with E-state index >= 15 is 0 Å². The summed E-state index contributed by atoms with van der Waals surface area (Å²) in [5.74, 6) is 1.54. The zero-order valence-corrected chi connectivity index (χ0v) is 11.4. The molecule has 0 bridgehead atoms. The van der Waals surface area contributed by atoms with Crippen molar-refractivity contribution in [3.63, 3.8) is 0 Å². The van der Waals surface area contributed by atoms with Gasteiger partial charge in [-0.15, -0.1) is 0 Å². The Bertz CT molecular complexity index is 428. The zero-order valence-electron chi connectivity index (χ0n) is 9.78. The van der Waals surface area contributed by atoms with E-state index in [1.165, 1.54) is 0 Å². The molecule has 0 aliphatic heterocycles. The third kappa shape index (κ3) is 3.23. The van der Waals surface area contributed by atoms with Crippen molar-refractivity contribution >= 4 is 22.0 Å². The van der Waals surface area contributed by atoms with Gasteiger partial charge in [-0.2, -0.15) is 0 Å². The van der Waals surface area contributed by atoms with Gasteiger partial charge in [0.2, 0.25) is 0 Å². The van der Waals surface area contributed by atoms with Gasteiger partial charge in [0, 0.05) is 6.54 Å². The second-order valence-electron chi connectivity index (χ2n) is 3.99. The first-order valence-electron chi connectivity index (χ1n) is 5.65. The Hall–Kier alpha value is -1.00. The molecule has 1 aliphatic rings. The van der Waals surface area contributed by atoms with E-state index in [4.69, 9.17) is 15.2 Å². The Morgan fingerprint density at radius 2 is 2.24 bits per heavy atom. The van der Waals surface area contributed by atoms with Crippen LogP contribution in [-0.4, -0.2) is 19.8 Å². The molecule has 17 heavy (non-hydrogen) atoms. The molecule has 0 spiro atoms. The molecule has 2 rings (SSSR count). The largest absolute Gasteiger partial charge is 0.493 e. The van der Waals surface area contributed by atoms with E-state index in [1.807, 2.05) is 24.3 Å². The zero-order chi connectivity index (χ0) is 12.3. The average Bonchev–Trinajstić information content (AvgIpc) is 3.13. The normalized spacial score (nSPS) is 15.2. The molecule has 1 aliphatic carbocycles. The molecule has 4 heteroatoms. The van der Waals surface area contributed by atoms with Gasteiger partial charge in [-0.25, -0.2) is 0 Å². The monoisotopic (exact) mass is 297 g/mol. The highest BCUT2D eigenvalue weighted by Crippen LogP contribution is 2.40. The number of nitrogens with two attached hydrogens (primary N) is 1. The van der Waals surface area contributed by atoms with Crippen molar-refractivity contribution in [3.8, 4) is 11.5 Å². The van der Waals surface area contributed by atoms with E-state index in [9.17, 15) is 0 Å². The van der Waals surface area contributed by atoms with E-state index in [0.29, 0.717) is 12.6 Å². The lowest BCUT2D eigenvalue weighted by molar-refractivity contribution is 0.280. The SMILES string of the molecule is COc1cc(/C=C/CN)cc(Br)c1OC1CC1. The first kappa shape index (κ1) is 12.5. The first-order chi connectivity index (χ1) is 8.24. The van der Waals surface area contributed by atoms with Gasteiger partial charge in [0.15, 0.2) is 11.5 Å². The van der Waals surface area contributed by atoms with Crippen molar-refractivity contribution in [2.75, 3.05) is 13.7 Å². The average molecular weight is 298 g/mol. The molecule has 0 radical (unpaired) electrons. The van der Waals surface area contributed by atoms with Gasteiger partial charge in [0.05, 0.1) is 17.7 Å². The first-order valence-corrected chi connectivity index (χ1v) is 6.44. The van der Waals surface area contributed by atoms with Gasteiger partial charge in [0.25, 0.3) is 0 Å². The van der Waals surface area contributed by atoms with Gasteiger partial charge in [-0.05, 0) is 46.5 Å². The molecule has 0 aromatic heterocycles. The minimum Gasteiger partial charge on any atom is -0.493 e. The Morgan fingerprint density at radius 1 is 1.47 bits per heavy atom. The van der Waals surface area contributed by atoms with Crippen LogP contribution in [0.15, 0.2) is 22.7 Å². The van der Waals surface area contributed by atoms with Gasteiger partial charge < -0.3 is 15.2 Å². The third-order valence-electron chi connectivity index (χ3n) is 2.51. The van der Waals surface area contributed by atoms with Crippen LogP contribution in [-0.2, 0) is 0 Å². The van der Waals surface area contributed by atoms with Gasteiger partial charge >= 0.3 is 0 Å². The van der Waals surface area contributed by atoms with Crippen molar-refractivity contribution in [2.45, 2.75) is 18.9 Å². The van der Waals surface area contributed by atoms with Crippen LogP contribution < -0.4 is 15.2 Å². The second kappa shape index (κ2) is 5.56. The summed E-state index contributed by atoms with van der Waals surface area (Å²) in [6.07, 6.45) is 6.48. The summed E-state index contributed by atoms with van der Waals surface area (Å²) in [7, 11) is 1.65. The lowest BCUT2D eigenvalue weighted by Crippen LogP contribution is -2.00. The van der Waals surface area contributed by atoms with E-state index in [0.717, 1.165) is 34.4 Å². The Morgan fingerprint density at radius 3 is 2.82 bits per heavy atom. The Labute approximate surface area is 110 Å². The summed E-state index contributed by atoms with van der Waals surface area (Å²) in [6.45, 7) is 0.528. The molecule has 1 aromatic carbocycles. The molecule has 92 valence electrons. The number of halogens is 1. The molecule has 0 amide bonds. The summed E-state index contributed by atoms with van der Waals surface area (Å²) in [4.78, 5) is 0. The molecule has 1 aromatic rings.